The maximum atomic E-state index is 5.08. The van der Waals surface area contributed by atoms with Crippen LogP contribution in [0.1, 0.15) is 37.6 Å². The van der Waals surface area contributed by atoms with Gasteiger partial charge in [-0.2, -0.15) is 4.37 Å². The van der Waals surface area contributed by atoms with Crippen LogP contribution in [0.4, 0.5) is 0 Å². The molecule has 1 aliphatic rings. The summed E-state index contributed by atoms with van der Waals surface area (Å²) in [6.07, 6.45) is 2.76. The van der Waals surface area contributed by atoms with Crippen molar-refractivity contribution < 1.29 is 4.74 Å². The Labute approximate surface area is 95.0 Å². The summed E-state index contributed by atoms with van der Waals surface area (Å²) in [7, 11) is 1.66. The van der Waals surface area contributed by atoms with Gasteiger partial charge in [-0.3, -0.25) is 0 Å². The molecule has 2 rings (SSSR count). The minimum Gasteiger partial charge on any atom is -0.480 e. The first-order valence-electron chi connectivity index (χ1n) is 5.47. The molecule has 15 heavy (non-hydrogen) atoms. The molecular formula is C11H18N2OS. The maximum Gasteiger partial charge on any atom is 0.225 e. The molecule has 1 heterocycles. The normalized spacial score (nSPS) is 19.9. The number of methoxy groups -OCH3 is 1. The summed E-state index contributed by atoms with van der Waals surface area (Å²) in [4.78, 5) is 1.25. The topological polar surface area (TPSA) is 34.1 Å². The molecule has 0 aliphatic heterocycles. The van der Waals surface area contributed by atoms with E-state index in [1.54, 1.807) is 7.11 Å². The third-order valence-corrected chi connectivity index (χ3v) is 3.94. The van der Waals surface area contributed by atoms with E-state index in [1.807, 2.05) is 6.07 Å². The van der Waals surface area contributed by atoms with Crippen LogP contribution in [0.15, 0.2) is 6.07 Å². The monoisotopic (exact) mass is 226 g/mol. The van der Waals surface area contributed by atoms with Crippen molar-refractivity contribution >= 4 is 11.5 Å². The third kappa shape index (κ3) is 2.69. The SMILES string of the molecule is COc1cc(C(C)NC(C)C2CC2)sn1. The van der Waals surface area contributed by atoms with Crippen LogP contribution < -0.4 is 10.1 Å². The van der Waals surface area contributed by atoms with E-state index >= 15 is 0 Å². The van der Waals surface area contributed by atoms with Crippen LogP contribution in [-0.2, 0) is 0 Å². The molecule has 2 unspecified atom stereocenters. The Morgan fingerprint density at radius 1 is 1.53 bits per heavy atom. The fourth-order valence-electron chi connectivity index (χ4n) is 1.78. The summed E-state index contributed by atoms with van der Waals surface area (Å²) in [5.74, 6) is 1.62. The Bertz CT molecular complexity index is 322. The van der Waals surface area contributed by atoms with Crippen LogP contribution in [0.2, 0.25) is 0 Å². The van der Waals surface area contributed by atoms with Crippen LogP contribution >= 0.6 is 11.5 Å². The highest BCUT2D eigenvalue weighted by Crippen LogP contribution is 2.34. The molecule has 2 atom stereocenters. The molecule has 0 aromatic carbocycles. The molecule has 1 aromatic heterocycles. The number of hydrogen-bond donors (Lipinski definition) is 1. The van der Waals surface area contributed by atoms with Crippen molar-refractivity contribution in [2.45, 2.75) is 38.8 Å². The van der Waals surface area contributed by atoms with Gasteiger partial charge in [0.25, 0.3) is 0 Å². The lowest BCUT2D eigenvalue weighted by molar-refractivity contribution is 0.401. The summed E-state index contributed by atoms with van der Waals surface area (Å²) >= 11 is 1.52. The molecule has 4 heteroatoms. The van der Waals surface area contributed by atoms with Crippen LogP contribution in [0, 0.1) is 5.92 Å². The van der Waals surface area contributed by atoms with Crippen molar-refractivity contribution in [3.8, 4) is 5.88 Å². The van der Waals surface area contributed by atoms with Crippen LogP contribution in [0.25, 0.3) is 0 Å². The molecule has 1 saturated carbocycles. The van der Waals surface area contributed by atoms with Crippen LogP contribution in [0.5, 0.6) is 5.88 Å². The molecular weight excluding hydrogens is 208 g/mol. The zero-order valence-corrected chi connectivity index (χ0v) is 10.3. The van der Waals surface area contributed by atoms with E-state index in [4.69, 9.17) is 4.74 Å². The van der Waals surface area contributed by atoms with Gasteiger partial charge < -0.3 is 10.1 Å². The number of nitrogens with zero attached hydrogens (tertiary/aromatic N) is 1. The summed E-state index contributed by atoms with van der Waals surface area (Å²) in [5.41, 5.74) is 0. The van der Waals surface area contributed by atoms with Crippen molar-refractivity contribution in [3.63, 3.8) is 0 Å². The molecule has 3 nitrogen and oxygen atoms in total. The summed E-state index contributed by atoms with van der Waals surface area (Å²) in [6, 6.07) is 3.01. The maximum absolute atomic E-state index is 5.08. The van der Waals surface area contributed by atoms with Gasteiger partial charge in [-0.15, -0.1) is 0 Å². The fourth-order valence-corrected chi connectivity index (χ4v) is 2.48. The van der Waals surface area contributed by atoms with E-state index in [0.717, 1.165) is 11.8 Å². The van der Waals surface area contributed by atoms with E-state index in [0.29, 0.717) is 12.1 Å². The second-order valence-corrected chi connectivity index (χ2v) is 5.12. The van der Waals surface area contributed by atoms with Crippen molar-refractivity contribution in [1.29, 1.82) is 0 Å². The first-order chi connectivity index (χ1) is 7.20. The predicted octanol–water partition coefficient (Wildman–Crippen LogP) is 2.60. The van der Waals surface area contributed by atoms with Gasteiger partial charge in [0.2, 0.25) is 5.88 Å². The summed E-state index contributed by atoms with van der Waals surface area (Å²) in [6.45, 7) is 4.46. The van der Waals surface area contributed by atoms with E-state index in [-0.39, 0.29) is 0 Å². The zero-order valence-electron chi connectivity index (χ0n) is 9.49. The molecule has 0 spiro atoms. The Hall–Kier alpha value is -0.610. The molecule has 1 fully saturated rings. The number of rotatable bonds is 5. The highest BCUT2D eigenvalue weighted by Gasteiger charge is 2.28. The van der Waals surface area contributed by atoms with Gasteiger partial charge in [0.1, 0.15) is 0 Å². The minimum atomic E-state index is 0.377. The fraction of sp³-hybridized carbons (Fsp3) is 0.727. The van der Waals surface area contributed by atoms with Crippen LogP contribution in [-0.4, -0.2) is 17.5 Å². The second kappa shape index (κ2) is 4.49. The molecule has 1 aliphatic carbocycles. The summed E-state index contributed by atoms with van der Waals surface area (Å²) < 4.78 is 9.28. The molecule has 1 N–H and O–H groups in total. The van der Waals surface area contributed by atoms with Gasteiger partial charge in [-0.1, -0.05) is 0 Å². The van der Waals surface area contributed by atoms with E-state index < -0.39 is 0 Å². The molecule has 0 amide bonds. The van der Waals surface area contributed by atoms with Crippen molar-refractivity contribution in [1.82, 2.24) is 9.69 Å². The zero-order chi connectivity index (χ0) is 10.8. The Morgan fingerprint density at radius 3 is 2.80 bits per heavy atom. The molecule has 84 valence electrons. The number of nitrogens with one attached hydrogen (secondary N) is 1. The predicted molar refractivity (Wildman–Crippen MR) is 62.4 cm³/mol. The third-order valence-electron chi connectivity index (χ3n) is 2.98. The highest BCUT2D eigenvalue weighted by molar-refractivity contribution is 7.06. The molecule has 0 radical (unpaired) electrons. The molecule has 0 bridgehead atoms. The number of hydrogen-bond acceptors (Lipinski definition) is 4. The minimum absolute atomic E-state index is 0.377. The highest BCUT2D eigenvalue weighted by atomic mass is 32.1. The van der Waals surface area contributed by atoms with Crippen molar-refractivity contribution in [2.24, 2.45) is 5.92 Å². The van der Waals surface area contributed by atoms with E-state index in [1.165, 1.54) is 29.3 Å². The standard InChI is InChI=1S/C11H18N2OS/c1-7(9-4-5-9)12-8(2)10-6-11(14-3)13-15-10/h6-9,12H,4-5H2,1-3H3. The van der Waals surface area contributed by atoms with Crippen molar-refractivity contribution in [2.75, 3.05) is 7.11 Å². The number of aromatic nitrogens is 1. The van der Waals surface area contributed by atoms with Gasteiger partial charge in [0.15, 0.2) is 0 Å². The largest absolute Gasteiger partial charge is 0.480 e. The Morgan fingerprint density at radius 2 is 2.27 bits per heavy atom. The molecule has 0 saturated heterocycles. The average molecular weight is 226 g/mol. The van der Waals surface area contributed by atoms with E-state index in [9.17, 15) is 0 Å². The van der Waals surface area contributed by atoms with Gasteiger partial charge in [-0.25, -0.2) is 0 Å². The lowest BCUT2D eigenvalue weighted by Crippen LogP contribution is -2.30. The second-order valence-electron chi connectivity index (χ2n) is 4.29. The van der Waals surface area contributed by atoms with Gasteiger partial charge >= 0.3 is 0 Å². The summed E-state index contributed by atoms with van der Waals surface area (Å²) in [5, 5.41) is 3.61. The Balaban J connectivity index is 1.91. The van der Waals surface area contributed by atoms with Crippen LogP contribution in [0.3, 0.4) is 0 Å². The van der Waals surface area contributed by atoms with Gasteiger partial charge in [0, 0.05) is 23.0 Å². The smallest absolute Gasteiger partial charge is 0.225 e. The first kappa shape index (κ1) is 10.9. The lowest BCUT2D eigenvalue weighted by atomic mass is 10.2. The Kier molecular flexibility index (Phi) is 3.26. The molecule has 1 aromatic rings. The number of ether oxygens (including phenoxy) is 1. The lowest BCUT2D eigenvalue weighted by Gasteiger charge is -2.17. The van der Waals surface area contributed by atoms with Crippen molar-refractivity contribution in [3.05, 3.63) is 10.9 Å². The van der Waals surface area contributed by atoms with Gasteiger partial charge in [-0.05, 0) is 44.1 Å². The van der Waals surface area contributed by atoms with E-state index in [2.05, 4.69) is 23.5 Å². The van der Waals surface area contributed by atoms with Gasteiger partial charge in [0.05, 0.1) is 7.11 Å². The quantitative estimate of drug-likeness (QED) is 0.838. The first-order valence-corrected chi connectivity index (χ1v) is 6.24. The average Bonchev–Trinajstić information content (AvgIpc) is 2.96.